The van der Waals surface area contributed by atoms with Crippen LogP contribution in [0.15, 0.2) is 0 Å². The SMILES string of the molecule is CCCCCCCCCCCCCCCCCCNC(N)C(C)C. The van der Waals surface area contributed by atoms with Crippen LogP contribution in [0.4, 0.5) is 0 Å². The average molecular weight is 341 g/mol. The van der Waals surface area contributed by atoms with Crippen LogP contribution < -0.4 is 11.1 Å². The van der Waals surface area contributed by atoms with Gasteiger partial charge in [0.1, 0.15) is 0 Å². The molecule has 0 rings (SSSR count). The number of unbranched alkanes of at least 4 members (excludes halogenated alkanes) is 15. The van der Waals surface area contributed by atoms with Gasteiger partial charge in [-0.15, -0.1) is 0 Å². The standard InChI is InChI=1S/C22H48N2/c1-4-5-6-7-8-9-10-11-12-13-14-15-16-17-18-19-20-24-22(23)21(2)3/h21-22,24H,4-20,23H2,1-3H3. The van der Waals surface area contributed by atoms with E-state index in [9.17, 15) is 0 Å². The van der Waals surface area contributed by atoms with Gasteiger partial charge in [0.15, 0.2) is 0 Å². The fraction of sp³-hybridized carbons (Fsp3) is 1.00. The fourth-order valence-corrected chi connectivity index (χ4v) is 3.18. The van der Waals surface area contributed by atoms with E-state index in [2.05, 4.69) is 26.1 Å². The lowest BCUT2D eigenvalue weighted by atomic mass is 10.0. The Hall–Kier alpha value is -0.0800. The zero-order valence-electron chi connectivity index (χ0n) is 17.3. The predicted molar refractivity (Wildman–Crippen MR) is 110 cm³/mol. The number of nitrogens with one attached hydrogen (secondary N) is 1. The molecule has 0 radical (unpaired) electrons. The van der Waals surface area contributed by atoms with Crippen LogP contribution in [0.25, 0.3) is 0 Å². The van der Waals surface area contributed by atoms with Crippen LogP contribution in [-0.4, -0.2) is 12.7 Å². The Kier molecular flexibility index (Phi) is 19.2. The van der Waals surface area contributed by atoms with Gasteiger partial charge in [0.2, 0.25) is 0 Å². The van der Waals surface area contributed by atoms with E-state index in [4.69, 9.17) is 5.73 Å². The van der Waals surface area contributed by atoms with Crippen molar-refractivity contribution in [2.45, 2.75) is 130 Å². The summed E-state index contributed by atoms with van der Waals surface area (Å²) in [6.07, 6.45) is 23.0. The molecule has 0 aliphatic rings. The van der Waals surface area contributed by atoms with Gasteiger partial charge in [-0.3, -0.25) is 0 Å². The molecule has 0 aliphatic heterocycles. The summed E-state index contributed by atoms with van der Waals surface area (Å²) in [5.74, 6) is 0.533. The Morgan fingerprint density at radius 1 is 0.583 bits per heavy atom. The van der Waals surface area contributed by atoms with E-state index in [-0.39, 0.29) is 6.17 Å². The van der Waals surface area contributed by atoms with Gasteiger partial charge in [0.05, 0.1) is 6.17 Å². The highest BCUT2D eigenvalue weighted by atomic mass is 15.0. The second-order valence-electron chi connectivity index (χ2n) is 8.03. The molecule has 0 saturated heterocycles. The largest absolute Gasteiger partial charge is 0.316 e. The molecule has 24 heavy (non-hydrogen) atoms. The maximum absolute atomic E-state index is 5.97. The molecular weight excluding hydrogens is 292 g/mol. The molecule has 3 N–H and O–H groups in total. The number of rotatable bonds is 19. The molecule has 1 unspecified atom stereocenters. The molecule has 2 heteroatoms. The fourth-order valence-electron chi connectivity index (χ4n) is 3.18. The highest BCUT2D eigenvalue weighted by Gasteiger charge is 2.04. The molecule has 0 aromatic heterocycles. The summed E-state index contributed by atoms with van der Waals surface area (Å²) in [4.78, 5) is 0. The van der Waals surface area contributed by atoms with Crippen molar-refractivity contribution in [1.29, 1.82) is 0 Å². The average Bonchev–Trinajstić information content (AvgIpc) is 2.57. The summed E-state index contributed by atoms with van der Waals surface area (Å²) in [7, 11) is 0. The molecule has 0 saturated carbocycles. The van der Waals surface area contributed by atoms with Gasteiger partial charge < -0.3 is 11.1 Å². The maximum Gasteiger partial charge on any atom is 0.0569 e. The van der Waals surface area contributed by atoms with Crippen molar-refractivity contribution in [3.8, 4) is 0 Å². The molecule has 0 fully saturated rings. The summed E-state index contributed by atoms with van der Waals surface area (Å²) >= 11 is 0. The first-order chi connectivity index (χ1) is 11.7. The van der Waals surface area contributed by atoms with Crippen molar-refractivity contribution in [3.05, 3.63) is 0 Å². The van der Waals surface area contributed by atoms with E-state index < -0.39 is 0 Å². The third-order valence-electron chi connectivity index (χ3n) is 5.13. The first-order valence-electron chi connectivity index (χ1n) is 11.2. The molecule has 2 nitrogen and oxygen atoms in total. The molecule has 0 spiro atoms. The van der Waals surface area contributed by atoms with E-state index in [1.807, 2.05) is 0 Å². The molecule has 0 heterocycles. The van der Waals surface area contributed by atoms with E-state index in [0.717, 1.165) is 6.54 Å². The van der Waals surface area contributed by atoms with E-state index >= 15 is 0 Å². The number of hydrogen-bond donors (Lipinski definition) is 2. The minimum atomic E-state index is 0.168. The topological polar surface area (TPSA) is 38.0 Å². The van der Waals surface area contributed by atoms with Gasteiger partial charge in [-0.05, 0) is 18.9 Å². The third-order valence-corrected chi connectivity index (χ3v) is 5.13. The Morgan fingerprint density at radius 3 is 1.25 bits per heavy atom. The molecule has 0 aromatic rings. The second-order valence-corrected chi connectivity index (χ2v) is 8.03. The van der Waals surface area contributed by atoms with Gasteiger partial charge in [-0.2, -0.15) is 0 Å². The minimum Gasteiger partial charge on any atom is -0.316 e. The van der Waals surface area contributed by atoms with Gasteiger partial charge >= 0.3 is 0 Å². The molecule has 0 bridgehead atoms. The Labute approximate surface area is 153 Å². The highest BCUT2D eigenvalue weighted by molar-refractivity contribution is 4.62. The lowest BCUT2D eigenvalue weighted by Gasteiger charge is -2.17. The maximum atomic E-state index is 5.97. The van der Waals surface area contributed by atoms with Crippen molar-refractivity contribution in [1.82, 2.24) is 5.32 Å². The zero-order chi connectivity index (χ0) is 17.9. The number of nitrogens with two attached hydrogens (primary N) is 1. The van der Waals surface area contributed by atoms with Crippen molar-refractivity contribution in [2.75, 3.05) is 6.54 Å². The zero-order valence-corrected chi connectivity index (χ0v) is 17.3. The van der Waals surface area contributed by atoms with Crippen molar-refractivity contribution in [3.63, 3.8) is 0 Å². The normalized spacial score (nSPS) is 12.9. The molecule has 0 aromatic carbocycles. The van der Waals surface area contributed by atoms with Crippen LogP contribution in [0.1, 0.15) is 124 Å². The van der Waals surface area contributed by atoms with Gasteiger partial charge in [-0.1, -0.05) is 117 Å². The third kappa shape index (κ3) is 18.3. The summed E-state index contributed by atoms with van der Waals surface area (Å²) in [6, 6.07) is 0. The van der Waals surface area contributed by atoms with Crippen molar-refractivity contribution >= 4 is 0 Å². The highest BCUT2D eigenvalue weighted by Crippen LogP contribution is 2.13. The summed E-state index contributed by atoms with van der Waals surface area (Å²) < 4.78 is 0. The molecule has 0 amide bonds. The first-order valence-corrected chi connectivity index (χ1v) is 11.2. The summed E-state index contributed by atoms with van der Waals surface area (Å²) in [6.45, 7) is 7.72. The Bertz CT molecular complexity index is 228. The van der Waals surface area contributed by atoms with E-state index in [0.29, 0.717) is 5.92 Å². The Balaban J connectivity index is 3.03. The van der Waals surface area contributed by atoms with E-state index in [1.165, 1.54) is 103 Å². The van der Waals surface area contributed by atoms with Gasteiger partial charge in [-0.25, -0.2) is 0 Å². The van der Waals surface area contributed by atoms with Crippen molar-refractivity contribution < 1.29 is 0 Å². The molecular formula is C22H48N2. The van der Waals surface area contributed by atoms with Gasteiger partial charge in [0.25, 0.3) is 0 Å². The number of hydrogen-bond acceptors (Lipinski definition) is 2. The first kappa shape index (κ1) is 23.9. The van der Waals surface area contributed by atoms with Crippen LogP contribution in [0.3, 0.4) is 0 Å². The van der Waals surface area contributed by atoms with Crippen LogP contribution in [0.5, 0.6) is 0 Å². The minimum absolute atomic E-state index is 0.168. The quantitative estimate of drug-likeness (QED) is 0.201. The summed E-state index contributed by atoms with van der Waals surface area (Å²) in [5.41, 5.74) is 5.97. The van der Waals surface area contributed by atoms with Crippen LogP contribution in [0.2, 0.25) is 0 Å². The monoisotopic (exact) mass is 340 g/mol. The Morgan fingerprint density at radius 2 is 0.917 bits per heavy atom. The molecule has 0 aliphatic carbocycles. The molecule has 146 valence electrons. The van der Waals surface area contributed by atoms with Crippen LogP contribution in [-0.2, 0) is 0 Å². The lowest BCUT2D eigenvalue weighted by Crippen LogP contribution is -2.42. The van der Waals surface area contributed by atoms with E-state index in [1.54, 1.807) is 0 Å². The van der Waals surface area contributed by atoms with Crippen molar-refractivity contribution in [2.24, 2.45) is 11.7 Å². The molecule has 1 atom stereocenters. The second kappa shape index (κ2) is 19.2. The predicted octanol–water partition coefficient (Wildman–Crippen LogP) is 6.78. The van der Waals surface area contributed by atoms with Gasteiger partial charge in [0, 0.05) is 0 Å². The van der Waals surface area contributed by atoms with Crippen LogP contribution >= 0.6 is 0 Å². The van der Waals surface area contributed by atoms with Crippen LogP contribution in [0, 0.1) is 5.92 Å². The smallest absolute Gasteiger partial charge is 0.0569 e. The lowest BCUT2D eigenvalue weighted by molar-refractivity contribution is 0.403. The summed E-state index contributed by atoms with van der Waals surface area (Å²) in [5, 5.41) is 3.41.